The fraction of sp³-hybridized carbons (Fsp3) is 0.583. The van der Waals surface area contributed by atoms with Crippen LogP contribution in [0, 0.1) is 12.3 Å². The molecule has 0 saturated carbocycles. The summed E-state index contributed by atoms with van der Waals surface area (Å²) in [7, 11) is 0. The number of nitrogens with one attached hydrogen (secondary N) is 1. The van der Waals surface area contributed by atoms with Gasteiger partial charge in [0.15, 0.2) is 0 Å². The maximum Gasteiger partial charge on any atom is 0.225 e. The molecule has 1 aromatic heterocycles. The fourth-order valence-corrected chi connectivity index (χ4v) is 1.32. The zero-order valence-corrected chi connectivity index (χ0v) is 10.5. The van der Waals surface area contributed by atoms with E-state index in [1.54, 1.807) is 6.20 Å². The predicted octanol–water partition coefficient (Wildman–Crippen LogP) is 2.01. The van der Waals surface area contributed by atoms with E-state index in [0.717, 1.165) is 11.3 Å². The van der Waals surface area contributed by atoms with Crippen LogP contribution in [0.4, 0.5) is 0 Å². The van der Waals surface area contributed by atoms with Gasteiger partial charge in [-0.25, -0.2) is 9.97 Å². The van der Waals surface area contributed by atoms with E-state index in [1.807, 2.05) is 34.6 Å². The highest BCUT2D eigenvalue weighted by atomic mass is 16.2. The first-order valence-corrected chi connectivity index (χ1v) is 5.40. The lowest BCUT2D eigenvalue weighted by Gasteiger charge is -2.22. The third kappa shape index (κ3) is 3.02. The van der Waals surface area contributed by atoms with E-state index >= 15 is 0 Å². The highest BCUT2D eigenvalue weighted by molar-refractivity contribution is 5.81. The van der Waals surface area contributed by atoms with Crippen LogP contribution in [0.2, 0.25) is 0 Å². The van der Waals surface area contributed by atoms with Crippen molar-refractivity contribution in [2.75, 3.05) is 0 Å². The van der Waals surface area contributed by atoms with E-state index < -0.39 is 0 Å². The van der Waals surface area contributed by atoms with E-state index in [9.17, 15) is 4.79 Å². The number of hydrogen-bond donors (Lipinski definition) is 1. The second kappa shape index (κ2) is 4.60. The fourth-order valence-electron chi connectivity index (χ4n) is 1.32. The van der Waals surface area contributed by atoms with Gasteiger partial charge in [-0.1, -0.05) is 20.8 Å². The van der Waals surface area contributed by atoms with Gasteiger partial charge in [0, 0.05) is 22.9 Å². The van der Waals surface area contributed by atoms with Gasteiger partial charge < -0.3 is 5.32 Å². The lowest BCUT2D eigenvalue weighted by atomic mass is 9.95. The number of rotatable bonds is 2. The molecular formula is C12H19N3O. The van der Waals surface area contributed by atoms with E-state index in [2.05, 4.69) is 15.3 Å². The predicted molar refractivity (Wildman–Crippen MR) is 62.8 cm³/mol. The molecule has 1 N–H and O–H groups in total. The first-order valence-electron chi connectivity index (χ1n) is 5.40. The summed E-state index contributed by atoms with van der Waals surface area (Å²) < 4.78 is 0. The van der Waals surface area contributed by atoms with Crippen molar-refractivity contribution in [1.29, 1.82) is 0 Å². The van der Waals surface area contributed by atoms with Crippen LogP contribution in [-0.2, 0) is 4.79 Å². The van der Waals surface area contributed by atoms with E-state index in [-0.39, 0.29) is 17.4 Å². The van der Waals surface area contributed by atoms with E-state index in [1.165, 1.54) is 6.33 Å². The van der Waals surface area contributed by atoms with Crippen LogP contribution in [0.15, 0.2) is 12.5 Å². The normalized spacial score (nSPS) is 13.3. The van der Waals surface area contributed by atoms with Crippen molar-refractivity contribution in [3.8, 4) is 0 Å². The number of hydrogen-bond acceptors (Lipinski definition) is 3. The Morgan fingerprint density at radius 3 is 2.56 bits per heavy atom. The third-order valence-electron chi connectivity index (χ3n) is 2.44. The molecule has 0 saturated heterocycles. The van der Waals surface area contributed by atoms with Crippen molar-refractivity contribution >= 4 is 5.91 Å². The van der Waals surface area contributed by atoms with Crippen molar-refractivity contribution in [1.82, 2.24) is 15.3 Å². The van der Waals surface area contributed by atoms with Crippen LogP contribution in [0.5, 0.6) is 0 Å². The van der Waals surface area contributed by atoms with Gasteiger partial charge in [-0.15, -0.1) is 0 Å². The molecule has 1 unspecified atom stereocenters. The van der Waals surface area contributed by atoms with Gasteiger partial charge in [0.1, 0.15) is 6.33 Å². The minimum absolute atomic E-state index is 0.0308. The molecule has 16 heavy (non-hydrogen) atoms. The zero-order chi connectivity index (χ0) is 12.3. The molecule has 0 aliphatic heterocycles. The minimum atomic E-state index is -0.377. The molecule has 88 valence electrons. The Bertz CT molecular complexity index is 382. The Morgan fingerprint density at radius 1 is 1.44 bits per heavy atom. The maximum absolute atomic E-state index is 11.8. The number of aromatic nitrogens is 2. The summed E-state index contributed by atoms with van der Waals surface area (Å²) in [4.78, 5) is 19.9. The molecule has 0 aliphatic carbocycles. The van der Waals surface area contributed by atoms with Crippen LogP contribution in [0.25, 0.3) is 0 Å². The van der Waals surface area contributed by atoms with Crippen LogP contribution >= 0.6 is 0 Å². The van der Waals surface area contributed by atoms with Crippen molar-refractivity contribution < 1.29 is 4.79 Å². The Labute approximate surface area is 96.5 Å². The topological polar surface area (TPSA) is 54.9 Å². The van der Waals surface area contributed by atoms with Gasteiger partial charge >= 0.3 is 0 Å². The number of aryl methyl sites for hydroxylation is 1. The first kappa shape index (κ1) is 12.6. The van der Waals surface area contributed by atoms with Crippen molar-refractivity contribution in [2.45, 2.75) is 40.7 Å². The molecule has 1 rings (SSSR count). The molecule has 1 heterocycles. The van der Waals surface area contributed by atoms with Crippen LogP contribution in [-0.4, -0.2) is 15.9 Å². The third-order valence-corrected chi connectivity index (χ3v) is 2.44. The largest absolute Gasteiger partial charge is 0.349 e. The van der Waals surface area contributed by atoms with Gasteiger partial charge in [-0.3, -0.25) is 4.79 Å². The van der Waals surface area contributed by atoms with E-state index in [0.29, 0.717) is 0 Å². The lowest BCUT2D eigenvalue weighted by molar-refractivity contribution is -0.129. The van der Waals surface area contributed by atoms with Gasteiger partial charge in [0.05, 0.1) is 6.04 Å². The lowest BCUT2D eigenvalue weighted by Crippen LogP contribution is -2.36. The summed E-state index contributed by atoms with van der Waals surface area (Å²) in [5, 5.41) is 2.96. The summed E-state index contributed by atoms with van der Waals surface area (Å²) >= 11 is 0. The Kier molecular flexibility index (Phi) is 3.62. The second-order valence-corrected chi connectivity index (χ2v) is 5.01. The minimum Gasteiger partial charge on any atom is -0.349 e. The summed E-state index contributed by atoms with van der Waals surface area (Å²) in [6.07, 6.45) is 3.26. The average molecular weight is 221 g/mol. The number of carbonyl (C=O) groups excluding carboxylic acids is 1. The molecule has 0 aliphatic rings. The zero-order valence-electron chi connectivity index (χ0n) is 10.5. The summed E-state index contributed by atoms with van der Waals surface area (Å²) in [5.74, 6) is 0.0308. The molecule has 1 atom stereocenters. The molecule has 0 radical (unpaired) electrons. The molecule has 4 heteroatoms. The molecule has 0 fully saturated rings. The second-order valence-electron chi connectivity index (χ2n) is 5.01. The smallest absolute Gasteiger partial charge is 0.225 e. The first-order chi connectivity index (χ1) is 7.32. The molecule has 1 amide bonds. The standard InChI is InChI=1S/C12H19N3O/c1-8-10(6-13-7-14-8)9(2)15-11(16)12(3,4)5/h6-7,9H,1-5H3,(H,15,16). The van der Waals surface area contributed by atoms with Crippen molar-refractivity contribution in [2.24, 2.45) is 5.41 Å². The molecule has 4 nitrogen and oxygen atoms in total. The number of nitrogens with zero attached hydrogens (tertiary/aromatic N) is 2. The maximum atomic E-state index is 11.8. The van der Waals surface area contributed by atoms with Gasteiger partial charge in [0.2, 0.25) is 5.91 Å². The number of amides is 1. The average Bonchev–Trinajstić information content (AvgIpc) is 2.16. The molecule has 0 bridgehead atoms. The molecular weight excluding hydrogens is 202 g/mol. The molecule has 0 aromatic carbocycles. The summed E-state index contributed by atoms with van der Waals surface area (Å²) in [5.41, 5.74) is 1.48. The van der Waals surface area contributed by atoms with Gasteiger partial charge in [-0.05, 0) is 13.8 Å². The molecule has 0 spiro atoms. The highest BCUT2D eigenvalue weighted by Gasteiger charge is 2.23. The van der Waals surface area contributed by atoms with Crippen molar-refractivity contribution in [3.63, 3.8) is 0 Å². The van der Waals surface area contributed by atoms with Crippen LogP contribution < -0.4 is 5.32 Å². The van der Waals surface area contributed by atoms with Gasteiger partial charge in [0.25, 0.3) is 0 Å². The summed E-state index contributed by atoms with van der Waals surface area (Å²) in [6, 6.07) is -0.0621. The Balaban J connectivity index is 2.78. The highest BCUT2D eigenvalue weighted by Crippen LogP contribution is 2.18. The van der Waals surface area contributed by atoms with Crippen LogP contribution in [0.1, 0.15) is 45.0 Å². The van der Waals surface area contributed by atoms with E-state index in [4.69, 9.17) is 0 Å². The van der Waals surface area contributed by atoms with Gasteiger partial charge in [-0.2, -0.15) is 0 Å². The van der Waals surface area contributed by atoms with Crippen molar-refractivity contribution in [3.05, 3.63) is 23.8 Å². The summed E-state index contributed by atoms with van der Waals surface area (Å²) in [6.45, 7) is 9.53. The SMILES string of the molecule is Cc1ncncc1C(C)NC(=O)C(C)(C)C. The quantitative estimate of drug-likeness (QED) is 0.831. The van der Waals surface area contributed by atoms with Crippen LogP contribution in [0.3, 0.4) is 0 Å². The Morgan fingerprint density at radius 2 is 2.06 bits per heavy atom. The molecule has 1 aromatic rings. The monoisotopic (exact) mass is 221 g/mol. The Hall–Kier alpha value is -1.45. The number of carbonyl (C=O) groups is 1.